The van der Waals surface area contributed by atoms with Gasteiger partial charge < -0.3 is 29.4 Å². The highest BCUT2D eigenvalue weighted by molar-refractivity contribution is 5.92. The number of anilines is 1. The molecule has 0 radical (unpaired) electrons. The average molecular weight is 458 g/mol. The van der Waals surface area contributed by atoms with Crippen LogP contribution < -0.4 is 10.2 Å². The van der Waals surface area contributed by atoms with E-state index < -0.39 is 6.09 Å². The van der Waals surface area contributed by atoms with Crippen LogP contribution in [-0.2, 0) is 27.2 Å². The zero-order chi connectivity index (χ0) is 23.6. The number of benzene rings is 1. The van der Waals surface area contributed by atoms with Crippen molar-refractivity contribution in [2.24, 2.45) is 0 Å². The Bertz CT molecular complexity index is 899. The van der Waals surface area contributed by atoms with Crippen LogP contribution in [0, 0.1) is 0 Å². The van der Waals surface area contributed by atoms with Gasteiger partial charge in [-0.25, -0.2) is 9.59 Å². The number of aromatic amines is 1. The fourth-order valence-electron chi connectivity index (χ4n) is 3.96. The number of unbranched alkanes of at least 4 members (excludes halogenated alkanes) is 1. The Morgan fingerprint density at radius 3 is 2.67 bits per heavy atom. The zero-order valence-corrected chi connectivity index (χ0v) is 19.8. The van der Waals surface area contributed by atoms with Gasteiger partial charge in [0.25, 0.3) is 0 Å². The Hall–Kier alpha value is -3.00. The number of piperidine rings is 1. The number of methoxy groups -OCH3 is 1. The first kappa shape index (κ1) is 24.6. The van der Waals surface area contributed by atoms with Crippen LogP contribution in [-0.4, -0.2) is 56.0 Å². The molecule has 180 valence electrons. The van der Waals surface area contributed by atoms with Gasteiger partial charge in [0.2, 0.25) is 0 Å². The Morgan fingerprint density at radius 2 is 1.97 bits per heavy atom. The van der Waals surface area contributed by atoms with E-state index in [1.54, 1.807) is 7.11 Å². The van der Waals surface area contributed by atoms with Gasteiger partial charge in [-0.15, -0.1) is 0 Å². The molecule has 1 aliphatic heterocycles. The number of ether oxygens (including phenoxy) is 3. The van der Waals surface area contributed by atoms with E-state index in [4.69, 9.17) is 14.2 Å². The van der Waals surface area contributed by atoms with E-state index in [0.29, 0.717) is 38.1 Å². The van der Waals surface area contributed by atoms with Gasteiger partial charge in [0.05, 0.1) is 24.3 Å². The lowest BCUT2D eigenvalue weighted by Gasteiger charge is -2.38. The van der Waals surface area contributed by atoms with Crippen molar-refractivity contribution in [1.29, 1.82) is 0 Å². The Morgan fingerprint density at radius 1 is 1.18 bits per heavy atom. The second kappa shape index (κ2) is 12.3. The summed E-state index contributed by atoms with van der Waals surface area (Å²) in [5.74, 6) is 0.574. The Balaban J connectivity index is 1.57. The molecule has 1 aromatic heterocycles. The number of nitrogens with zero attached hydrogens (tertiary/aromatic N) is 1. The minimum Gasteiger partial charge on any atom is -0.462 e. The lowest BCUT2D eigenvalue weighted by atomic mass is 10.0. The molecule has 33 heavy (non-hydrogen) atoms. The number of rotatable bonds is 10. The standard InChI is InChI=1S/C25H35N3O5/c1-4-6-14-32-24(29)19-15-23(26-20(19)5-2)28-13-12-21(22(16-28)31-3)27-25(30)33-17-18-10-8-7-9-11-18/h7-11,15,21-22,26H,4-6,12-14,16-17H2,1-3H3,(H,27,30). The largest absolute Gasteiger partial charge is 0.462 e. The van der Waals surface area contributed by atoms with Gasteiger partial charge in [-0.1, -0.05) is 50.6 Å². The van der Waals surface area contributed by atoms with Crippen LogP contribution in [0.2, 0.25) is 0 Å². The van der Waals surface area contributed by atoms with Gasteiger partial charge in [0, 0.05) is 25.9 Å². The average Bonchev–Trinajstić information content (AvgIpc) is 3.28. The van der Waals surface area contributed by atoms with E-state index >= 15 is 0 Å². The smallest absolute Gasteiger partial charge is 0.407 e. The molecule has 1 fully saturated rings. The summed E-state index contributed by atoms with van der Waals surface area (Å²) in [6.07, 6.45) is 2.57. The molecule has 2 N–H and O–H groups in total. The third-order valence-corrected chi connectivity index (χ3v) is 5.91. The van der Waals surface area contributed by atoms with Crippen molar-refractivity contribution in [2.45, 2.75) is 58.3 Å². The third kappa shape index (κ3) is 6.74. The molecule has 0 saturated carbocycles. The molecule has 8 heteroatoms. The van der Waals surface area contributed by atoms with E-state index in [0.717, 1.165) is 29.9 Å². The molecule has 2 aromatic rings. The predicted octanol–water partition coefficient (Wildman–Crippen LogP) is 4.05. The van der Waals surface area contributed by atoms with Crippen LogP contribution >= 0.6 is 0 Å². The molecule has 0 aliphatic carbocycles. The summed E-state index contributed by atoms with van der Waals surface area (Å²) >= 11 is 0. The molecule has 1 aromatic carbocycles. The number of nitrogens with one attached hydrogen (secondary N) is 2. The fraction of sp³-hybridized carbons (Fsp3) is 0.520. The number of hydrogen-bond acceptors (Lipinski definition) is 6. The van der Waals surface area contributed by atoms with Gasteiger partial charge in [-0.05, 0) is 30.9 Å². The van der Waals surface area contributed by atoms with Crippen molar-refractivity contribution in [3.05, 3.63) is 53.2 Å². The molecule has 1 amide bonds. The summed E-state index contributed by atoms with van der Waals surface area (Å²) in [6.45, 7) is 6.01. The minimum absolute atomic E-state index is 0.159. The second-order valence-electron chi connectivity index (χ2n) is 8.21. The number of carbonyl (C=O) groups is 2. The molecule has 1 aliphatic rings. The van der Waals surface area contributed by atoms with Crippen molar-refractivity contribution in [2.75, 3.05) is 31.7 Å². The van der Waals surface area contributed by atoms with Gasteiger partial charge in [0.15, 0.2) is 0 Å². The molecule has 1 saturated heterocycles. The van der Waals surface area contributed by atoms with Crippen molar-refractivity contribution in [1.82, 2.24) is 10.3 Å². The van der Waals surface area contributed by atoms with Gasteiger partial charge in [0.1, 0.15) is 12.4 Å². The molecule has 3 rings (SSSR count). The maximum Gasteiger partial charge on any atom is 0.407 e. The second-order valence-corrected chi connectivity index (χ2v) is 8.21. The summed E-state index contributed by atoms with van der Waals surface area (Å²) in [6, 6.07) is 11.3. The molecular formula is C25H35N3O5. The van der Waals surface area contributed by atoms with Crippen LogP contribution in [0.5, 0.6) is 0 Å². The monoisotopic (exact) mass is 457 g/mol. The van der Waals surface area contributed by atoms with E-state index in [-0.39, 0.29) is 24.7 Å². The summed E-state index contributed by atoms with van der Waals surface area (Å²) in [5, 5.41) is 2.94. The molecule has 2 atom stereocenters. The highest BCUT2D eigenvalue weighted by Gasteiger charge is 2.32. The van der Waals surface area contributed by atoms with Gasteiger partial charge in [-0.3, -0.25) is 0 Å². The molecular weight excluding hydrogens is 422 g/mol. The number of carbonyl (C=O) groups excluding carboxylic acids is 2. The quantitative estimate of drug-likeness (QED) is 0.413. The van der Waals surface area contributed by atoms with E-state index in [9.17, 15) is 9.59 Å². The lowest BCUT2D eigenvalue weighted by Crippen LogP contribution is -2.55. The van der Waals surface area contributed by atoms with Crippen LogP contribution in [0.15, 0.2) is 36.4 Å². The maximum absolute atomic E-state index is 12.5. The summed E-state index contributed by atoms with van der Waals surface area (Å²) < 4.78 is 16.4. The molecule has 0 bridgehead atoms. The number of amides is 1. The normalized spacial score (nSPS) is 18.1. The van der Waals surface area contributed by atoms with Gasteiger partial charge in [-0.2, -0.15) is 0 Å². The van der Waals surface area contributed by atoms with Crippen molar-refractivity contribution in [3.8, 4) is 0 Å². The first-order chi connectivity index (χ1) is 16.0. The summed E-state index contributed by atoms with van der Waals surface area (Å²) in [5.41, 5.74) is 2.39. The maximum atomic E-state index is 12.5. The number of aryl methyl sites for hydroxylation is 1. The van der Waals surface area contributed by atoms with Crippen LogP contribution in [0.4, 0.5) is 10.6 Å². The SMILES string of the molecule is CCCCOC(=O)c1cc(N2CCC(NC(=O)OCc3ccccc3)C(OC)C2)[nH]c1CC. The Labute approximate surface area is 195 Å². The Kier molecular flexibility index (Phi) is 9.18. The van der Waals surface area contributed by atoms with E-state index in [2.05, 4.69) is 22.1 Å². The van der Waals surface area contributed by atoms with Crippen LogP contribution in [0.25, 0.3) is 0 Å². The minimum atomic E-state index is -0.454. The lowest BCUT2D eigenvalue weighted by molar-refractivity contribution is 0.0498. The highest BCUT2D eigenvalue weighted by Crippen LogP contribution is 2.25. The van der Waals surface area contributed by atoms with E-state index in [1.807, 2.05) is 43.3 Å². The fourth-order valence-corrected chi connectivity index (χ4v) is 3.96. The third-order valence-electron chi connectivity index (χ3n) is 5.91. The van der Waals surface area contributed by atoms with Crippen LogP contribution in [0.3, 0.4) is 0 Å². The highest BCUT2D eigenvalue weighted by atomic mass is 16.5. The molecule has 8 nitrogen and oxygen atoms in total. The van der Waals surface area contributed by atoms with Crippen molar-refractivity contribution >= 4 is 17.9 Å². The molecule has 0 spiro atoms. The zero-order valence-electron chi connectivity index (χ0n) is 19.8. The number of aromatic nitrogens is 1. The van der Waals surface area contributed by atoms with Crippen molar-refractivity contribution < 1.29 is 23.8 Å². The summed E-state index contributed by atoms with van der Waals surface area (Å²) in [4.78, 5) is 30.3. The summed E-state index contributed by atoms with van der Waals surface area (Å²) in [7, 11) is 1.64. The van der Waals surface area contributed by atoms with Gasteiger partial charge >= 0.3 is 12.1 Å². The first-order valence-corrected chi connectivity index (χ1v) is 11.7. The predicted molar refractivity (Wildman–Crippen MR) is 127 cm³/mol. The van der Waals surface area contributed by atoms with E-state index in [1.165, 1.54) is 0 Å². The molecule has 2 heterocycles. The van der Waals surface area contributed by atoms with Crippen molar-refractivity contribution in [3.63, 3.8) is 0 Å². The number of H-pyrrole nitrogens is 1. The number of hydrogen-bond donors (Lipinski definition) is 2. The number of alkyl carbamates (subject to hydrolysis) is 1. The topological polar surface area (TPSA) is 92.9 Å². The first-order valence-electron chi connectivity index (χ1n) is 11.7. The molecule has 2 unspecified atom stereocenters. The van der Waals surface area contributed by atoms with Crippen LogP contribution in [0.1, 0.15) is 54.7 Å². The number of esters is 1.